The van der Waals surface area contributed by atoms with E-state index in [1.165, 1.54) is 6.92 Å². The van der Waals surface area contributed by atoms with Gasteiger partial charge in [-0.05, 0) is 25.1 Å². The molecule has 2 nitrogen and oxygen atoms in total. The molecule has 0 aliphatic rings. The number of benzene rings is 2. The average molecular weight is 283 g/mol. The van der Waals surface area contributed by atoms with Gasteiger partial charge in [0.2, 0.25) is 0 Å². The zero-order valence-corrected chi connectivity index (χ0v) is 10.3. The SMILES string of the molecule is Cc1c(N)cc(C(=O)c2cc(F)c(F)cc2F)cc1F. The van der Waals surface area contributed by atoms with Gasteiger partial charge in [-0.15, -0.1) is 0 Å². The third kappa shape index (κ3) is 2.36. The summed E-state index contributed by atoms with van der Waals surface area (Å²) in [5, 5.41) is 0. The molecule has 0 amide bonds. The summed E-state index contributed by atoms with van der Waals surface area (Å²) in [5.41, 5.74) is 4.74. The van der Waals surface area contributed by atoms with Gasteiger partial charge in [0.1, 0.15) is 11.6 Å². The summed E-state index contributed by atoms with van der Waals surface area (Å²) in [6, 6.07) is 2.72. The zero-order valence-electron chi connectivity index (χ0n) is 10.3. The van der Waals surface area contributed by atoms with Crippen LogP contribution in [0.2, 0.25) is 0 Å². The minimum atomic E-state index is -1.41. The normalized spacial score (nSPS) is 10.7. The molecule has 2 aromatic carbocycles. The molecule has 0 bridgehead atoms. The Bertz CT molecular complexity index is 690. The molecule has 0 spiro atoms. The second-order valence-corrected chi connectivity index (χ2v) is 4.25. The molecule has 2 rings (SSSR count). The number of halogens is 4. The van der Waals surface area contributed by atoms with E-state index in [0.29, 0.717) is 6.07 Å². The number of hydrogen-bond acceptors (Lipinski definition) is 2. The molecule has 2 N–H and O–H groups in total. The van der Waals surface area contributed by atoms with E-state index in [-0.39, 0.29) is 22.9 Å². The highest BCUT2D eigenvalue weighted by molar-refractivity contribution is 6.09. The number of anilines is 1. The lowest BCUT2D eigenvalue weighted by atomic mass is 10.00. The van der Waals surface area contributed by atoms with Gasteiger partial charge in [-0.2, -0.15) is 0 Å². The van der Waals surface area contributed by atoms with Gasteiger partial charge in [-0.3, -0.25) is 4.79 Å². The molecule has 2 aromatic rings. The summed E-state index contributed by atoms with van der Waals surface area (Å²) >= 11 is 0. The minimum Gasteiger partial charge on any atom is -0.398 e. The maximum Gasteiger partial charge on any atom is 0.196 e. The smallest absolute Gasteiger partial charge is 0.196 e. The molecular weight excluding hydrogens is 274 g/mol. The number of nitrogen functional groups attached to an aromatic ring is 1. The highest BCUT2D eigenvalue weighted by Crippen LogP contribution is 2.22. The molecule has 0 saturated carbocycles. The van der Waals surface area contributed by atoms with Crippen LogP contribution in [0.1, 0.15) is 21.5 Å². The van der Waals surface area contributed by atoms with E-state index >= 15 is 0 Å². The van der Waals surface area contributed by atoms with Gasteiger partial charge in [-0.1, -0.05) is 0 Å². The third-order valence-electron chi connectivity index (χ3n) is 2.90. The lowest BCUT2D eigenvalue weighted by Crippen LogP contribution is -2.08. The number of nitrogens with two attached hydrogens (primary N) is 1. The Morgan fingerprint density at radius 3 is 2.10 bits per heavy atom. The van der Waals surface area contributed by atoms with Crippen LogP contribution in [-0.4, -0.2) is 5.78 Å². The largest absolute Gasteiger partial charge is 0.398 e. The van der Waals surface area contributed by atoms with Gasteiger partial charge in [-0.25, -0.2) is 17.6 Å². The molecule has 104 valence electrons. The molecule has 0 aliphatic heterocycles. The Morgan fingerprint density at radius 1 is 0.900 bits per heavy atom. The summed E-state index contributed by atoms with van der Waals surface area (Å²) in [7, 11) is 0. The number of carbonyl (C=O) groups is 1. The fourth-order valence-electron chi connectivity index (χ4n) is 1.68. The quantitative estimate of drug-likeness (QED) is 0.397. The first kappa shape index (κ1) is 14.0. The number of carbonyl (C=O) groups excluding carboxylic acids is 1. The molecule has 0 heterocycles. The minimum absolute atomic E-state index is 0.0105. The van der Waals surface area contributed by atoms with Crippen molar-refractivity contribution in [3.63, 3.8) is 0 Å². The molecule has 0 saturated heterocycles. The molecule has 0 aliphatic carbocycles. The van der Waals surface area contributed by atoms with E-state index in [0.717, 1.165) is 12.1 Å². The number of ketones is 1. The molecule has 0 radical (unpaired) electrons. The average Bonchev–Trinajstić information content (AvgIpc) is 2.38. The van der Waals surface area contributed by atoms with Crippen LogP contribution in [0.25, 0.3) is 0 Å². The Morgan fingerprint density at radius 2 is 1.50 bits per heavy atom. The van der Waals surface area contributed by atoms with Crippen molar-refractivity contribution in [2.75, 3.05) is 5.73 Å². The topological polar surface area (TPSA) is 43.1 Å². The summed E-state index contributed by atoms with van der Waals surface area (Å²) in [6.45, 7) is 1.41. The molecule has 20 heavy (non-hydrogen) atoms. The summed E-state index contributed by atoms with van der Waals surface area (Å²) < 4.78 is 52.9. The Hall–Kier alpha value is -2.37. The van der Waals surface area contributed by atoms with Crippen LogP contribution in [0, 0.1) is 30.2 Å². The van der Waals surface area contributed by atoms with Crippen molar-refractivity contribution < 1.29 is 22.4 Å². The van der Waals surface area contributed by atoms with Gasteiger partial charge in [0.15, 0.2) is 17.4 Å². The Kier molecular flexibility index (Phi) is 3.48. The predicted octanol–water partition coefficient (Wildman–Crippen LogP) is 3.36. The number of hydrogen-bond donors (Lipinski definition) is 1. The predicted molar refractivity (Wildman–Crippen MR) is 65.3 cm³/mol. The molecule has 0 aromatic heterocycles. The Balaban J connectivity index is 2.55. The molecule has 0 fully saturated rings. The fraction of sp³-hybridized carbons (Fsp3) is 0.0714. The first-order valence-corrected chi connectivity index (χ1v) is 5.56. The van der Waals surface area contributed by atoms with E-state index in [4.69, 9.17) is 5.73 Å². The van der Waals surface area contributed by atoms with Crippen molar-refractivity contribution in [3.8, 4) is 0 Å². The summed E-state index contributed by atoms with van der Waals surface area (Å²) in [5.74, 6) is -5.72. The number of rotatable bonds is 2. The Labute approximate surface area is 111 Å². The van der Waals surface area contributed by atoms with Crippen molar-refractivity contribution in [1.82, 2.24) is 0 Å². The van der Waals surface area contributed by atoms with Gasteiger partial charge in [0, 0.05) is 22.9 Å². The second kappa shape index (κ2) is 4.96. The lowest BCUT2D eigenvalue weighted by Gasteiger charge is -2.07. The summed E-state index contributed by atoms with van der Waals surface area (Å²) in [4.78, 5) is 12.0. The third-order valence-corrected chi connectivity index (χ3v) is 2.90. The van der Waals surface area contributed by atoms with Crippen LogP contribution in [-0.2, 0) is 0 Å². The van der Waals surface area contributed by atoms with Crippen LogP contribution in [0.3, 0.4) is 0 Å². The second-order valence-electron chi connectivity index (χ2n) is 4.25. The highest BCUT2D eigenvalue weighted by atomic mass is 19.2. The maximum absolute atomic E-state index is 13.5. The van der Waals surface area contributed by atoms with Crippen molar-refractivity contribution in [3.05, 3.63) is 64.2 Å². The monoisotopic (exact) mass is 283 g/mol. The van der Waals surface area contributed by atoms with E-state index in [9.17, 15) is 22.4 Å². The first-order chi connectivity index (χ1) is 9.31. The molecule has 6 heteroatoms. The van der Waals surface area contributed by atoms with Gasteiger partial charge >= 0.3 is 0 Å². The van der Waals surface area contributed by atoms with Crippen molar-refractivity contribution in [2.45, 2.75) is 6.92 Å². The molecular formula is C14H9F4NO. The van der Waals surface area contributed by atoms with E-state index in [2.05, 4.69) is 0 Å². The summed E-state index contributed by atoms with van der Waals surface area (Å²) in [6.07, 6.45) is 0. The van der Waals surface area contributed by atoms with E-state index in [1.54, 1.807) is 0 Å². The van der Waals surface area contributed by atoms with Crippen molar-refractivity contribution in [2.24, 2.45) is 0 Å². The van der Waals surface area contributed by atoms with Crippen molar-refractivity contribution >= 4 is 11.5 Å². The van der Waals surface area contributed by atoms with E-state index in [1.807, 2.05) is 0 Å². The van der Waals surface area contributed by atoms with Crippen LogP contribution in [0.4, 0.5) is 23.2 Å². The van der Waals surface area contributed by atoms with Crippen molar-refractivity contribution in [1.29, 1.82) is 0 Å². The van der Waals surface area contributed by atoms with Gasteiger partial charge < -0.3 is 5.73 Å². The van der Waals surface area contributed by atoms with Crippen LogP contribution in [0.15, 0.2) is 24.3 Å². The molecule has 0 unspecified atom stereocenters. The van der Waals surface area contributed by atoms with Gasteiger partial charge in [0.05, 0.1) is 5.56 Å². The zero-order chi connectivity index (χ0) is 15.0. The van der Waals surface area contributed by atoms with Gasteiger partial charge in [0.25, 0.3) is 0 Å². The van der Waals surface area contributed by atoms with Crippen LogP contribution >= 0.6 is 0 Å². The highest BCUT2D eigenvalue weighted by Gasteiger charge is 2.19. The van der Waals surface area contributed by atoms with E-state index < -0.39 is 34.6 Å². The fourth-order valence-corrected chi connectivity index (χ4v) is 1.68. The first-order valence-electron chi connectivity index (χ1n) is 5.56. The van der Waals surface area contributed by atoms with Crippen LogP contribution < -0.4 is 5.73 Å². The lowest BCUT2D eigenvalue weighted by molar-refractivity contribution is 0.103. The van der Waals surface area contributed by atoms with Crippen LogP contribution in [0.5, 0.6) is 0 Å². The maximum atomic E-state index is 13.5. The molecule has 0 atom stereocenters. The standard InChI is InChI=1S/C14H9F4NO/c1-6-9(15)2-7(3-13(6)19)14(20)8-4-11(17)12(18)5-10(8)16/h2-5H,19H2,1H3.